The molecule has 0 bridgehead atoms. The molecule has 0 saturated carbocycles. The van der Waals surface area contributed by atoms with E-state index >= 15 is 0 Å². The Balaban J connectivity index is 0.00000196. The molecule has 0 atom stereocenters. The first-order chi connectivity index (χ1) is 12.6. The van der Waals surface area contributed by atoms with E-state index in [1.165, 1.54) is 17.1 Å². The molecule has 2 heterocycles. The number of halogens is 2. The molecule has 0 unspecified atom stereocenters. The van der Waals surface area contributed by atoms with Crippen LogP contribution in [0.3, 0.4) is 0 Å². The van der Waals surface area contributed by atoms with E-state index in [4.69, 9.17) is 14.5 Å². The van der Waals surface area contributed by atoms with Crippen molar-refractivity contribution in [2.24, 2.45) is 0 Å². The highest BCUT2D eigenvalue weighted by atomic mass is 35.5. The van der Waals surface area contributed by atoms with Gasteiger partial charge in [-0.05, 0) is 45.2 Å². The summed E-state index contributed by atoms with van der Waals surface area (Å²) in [6.07, 6.45) is 6.37. The highest BCUT2D eigenvalue weighted by molar-refractivity contribution is 7.16. The van der Waals surface area contributed by atoms with E-state index in [2.05, 4.69) is 36.0 Å². The molecule has 0 radical (unpaired) electrons. The number of thiazole rings is 1. The minimum atomic E-state index is 0. The van der Waals surface area contributed by atoms with Crippen molar-refractivity contribution < 1.29 is 9.47 Å². The van der Waals surface area contributed by atoms with E-state index in [1.807, 2.05) is 18.2 Å². The first kappa shape index (κ1) is 24.6. The van der Waals surface area contributed by atoms with Gasteiger partial charge in [0.1, 0.15) is 10.0 Å². The normalized spacial score (nSPS) is 13.1. The molecule has 0 saturated heterocycles. The Labute approximate surface area is 184 Å². The minimum Gasteiger partial charge on any atom is -0.493 e. The lowest BCUT2D eigenvalue weighted by atomic mass is 10.1. The number of fused-ring (bicyclic) bond motifs is 1. The van der Waals surface area contributed by atoms with Gasteiger partial charge in [0, 0.05) is 25.2 Å². The van der Waals surface area contributed by atoms with Crippen molar-refractivity contribution in [1.82, 2.24) is 9.88 Å². The van der Waals surface area contributed by atoms with Crippen LogP contribution in [0.2, 0.25) is 0 Å². The number of likely N-dealkylation sites (N-methyl/N-ethyl adjacent to an activating group) is 1. The fraction of sp³-hybridized carbons (Fsp3) is 0.450. The van der Waals surface area contributed by atoms with Crippen molar-refractivity contribution in [2.75, 3.05) is 52.8 Å². The maximum absolute atomic E-state index is 5.50. The lowest BCUT2D eigenvalue weighted by molar-refractivity contribution is 0.354. The minimum absolute atomic E-state index is 0. The molecule has 0 fully saturated rings. The van der Waals surface area contributed by atoms with E-state index in [0.29, 0.717) is 0 Å². The SMILES string of the molecule is COc1cccc(/C=C/c2nc3c(s2)N(CCN(C)C)CCC3)c1OC.Cl.Cl. The summed E-state index contributed by atoms with van der Waals surface area (Å²) in [6.45, 7) is 3.23. The smallest absolute Gasteiger partial charge is 0.167 e. The Bertz CT molecular complexity index is 781. The fourth-order valence-electron chi connectivity index (χ4n) is 3.12. The van der Waals surface area contributed by atoms with Crippen molar-refractivity contribution in [2.45, 2.75) is 12.8 Å². The molecule has 1 aliphatic heterocycles. The zero-order chi connectivity index (χ0) is 18.5. The van der Waals surface area contributed by atoms with Crippen LogP contribution < -0.4 is 14.4 Å². The lowest BCUT2D eigenvalue weighted by Gasteiger charge is -2.28. The number of rotatable bonds is 7. The fourth-order valence-corrected chi connectivity index (χ4v) is 4.19. The topological polar surface area (TPSA) is 37.8 Å². The lowest BCUT2D eigenvalue weighted by Crippen LogP contribution is -2.34. The van der Waals surface area contributed by atoms with Crippen molar-refractivity contribution in [1.29, 1.82) is 0 Å². The summed E-state index contributed by atoms with van der Waals surface area (Å²) in [5.41, 5.74) is 2.22. The van der Waals surface area contributed by atoms with Gasteiger partial charge in [-0.25, -0.2) is 4.98 Å². The molecular formula is C20H29Cl2N3O2S. The van der Waals surface area contributed by atoms with Crippen molar-refractivity contribution in [3.63, 3.8) is 0 Å². The van der Waals surface area contributed by atoms with Crippen LogP contribution in [-0.4, -0.2) is 57.8 Å². The first-order valence-corrected chi connectivity index (χ1v) is 9.72. The van der Waals surface area contributed by atoms with Crippen LogP contribution in [0.4, 0.5) is 5.00 Å². The predicted molar refractivity (Wildman–Crippen MR) is 124 cm³/mol. The number of methoxy groups -OCH3 is 2. The molecule has 1 aliphatic rings. The zero-order valence-electron chi connectivity index (χ0n) is 16.8. The molecule has 28 heavy (non-hydrogen) atoms. The number of benzene rings is 1. The molecule has 0 amide bonds. The second kappa shape index (κ2) is 11.5. The van der Waals surface area contributed by atoms with Gasteiger partial charge in [-0.1, -0.05) is 23.5 Å². The van der Waals surface area contributed by atoms with E-state index in [1.54, 1.807) is 25.6 Å². The second-order valence-corrected chi connectivity index (χ2v) is 7.62. The Morgan fingerprint density at radius 1 is 1.18 bits per heavy atom. The highest BCUT2D eigenvalue weighted by Crippen LogP contribution is 2.35. The van der Waals surface area contributed by atoms with Gasteiger partial charge in [0.2, 0.25) is 0 Å². The zero-order valence-corrected chi connectivity index (χ0v) is 19.3. The summed E-state index contributed by atoms with van der Waals surface area (Å²) in [5, 5.41) is 2.37. The second-order valence-electron chi connectivity index (χ2n) is 6.61. The van der Waals surface area contributed by atoms with E-state index in [9.17, 15) is 0 Å². The number of hydrogen-bond acceptors (Lipinski definition) is 6. The maximum atomic E-state index is 5.50. The third kappa shape index (κ3) is 5.77. The summed E-state index contributed by atoms with van der Waals surface area (Å²) in [5.74, 6) is 1.49. The molecule has 0 N–H and O–H groups in total. The quantitative estimate of drug-likeness (QED) is 0.627. The number of aromatic nitrogens is 1. The van der Waals surface area contributed by atoms with Crippen LogP contribution in [0.5, 0.6) is 11.5 Å². The largest absolute Gasteiger partial charge is 0.493 e. The van der Waals surface area contributed by atoms with Crippen LogP contribution in [0, 0.1) is 0 Å². The standard InChI is InChI=1S/C20H27N3O2S.2ClH/c1-22(2)13-14-23-12-6-8-16-20(23)26-18(21-16)11-10-15-7-5-9-17(24-3)19(15)25-4;;/h5,7,9-11H,6,8,12-14H2,1-4H3;2*1H/b11-10+;;. The van der Waals surface area contributed by atoms with E-state index in [-0.39, 0.29) is 24.8 Å². The van der Waals surface area contributed by atoms with E-state index in [0.717, 1.165) is 48.1 Å². The van der Waals surface area contributed by atoms with Crippen LogP contribution in [0.25, 0.3) is 12.2 Å². The van der Waals surface area contributed by atoms with Gasteiger partial charge < -0.3 is 19.3 Å². The summed E-state index contributed by atoms with van der Waals surface area (Å²) >= 11 is 1.78. The molecule has 0 aliphatic carbocycles. The average molecular weight is 446 g/mol. The summed E-state index contributed by atoms with van der Waals surface area (Å²) in [7, 11) is 7.56. The van der Waals surface area contributed by atoms with Gasteiger partial charge in [0.05, 0.1) is 19.9 Å². The van der Waals surface area contributed by atoms with Crippen molar-refractivity contribution in [3.8, 4) is 11.5 Å². The summed E-state index contributed by atoms with van der Waals surface area (Å²) < 4.78 is 10.9. The van der Waals surface area contributed by atoms with Crippen molar-refractivity contribution in [3.05, 3.63) is 34.5 Å². The van der Waals surface area contributed by atoms with Crippen molar-refractivity contribution >= 4 is 53.3 Å². The molecule has 0 spiro atoms. The molecule has 1 aromatic heterocycles. The predicted octanol–water partition coefficient (Wildman–Crippen LogP) is 4.49. The first-order valence-electron chi connectivity index (χ1n) is 8.91. The molecule has 5 nitrogen and oxygen atoms in total. The Kier molecular flexibility index (Phi) is 10.1. The Morgan fingerprint density at radius 3 is 2.64 bits per heavy atom. The average Bonchev–Trinajstić information content (AvgIpc) is 3.07. The highest BCUT2D eigenvalue weighted by Gasteiger charge is 2.21. The van der Waals surface area contributed by atoms with Crippen LogP contribution in [-0.2, 0) is 6.42 Å². The number of aryl methyl sites for hydroxylation is 1. The van der Waals surface area contributed by atoms with Gasteiger partial charge in [0.15, 0.2) is 11.5 Å². The molecule has 8 heteroatoms. The molecule has 3 rings (SSSR count). The molecule has 1 aromatic carbocycles. The third-order valence-corrected chi connectivity index (χ3v) is 5.60. The Hall–Kier alpha value is -1.47. The molecule has 2 aromatic rings. The van der Waals surface area contributed by atoms with Crippen LogP contribution in [0.1, 0.15) is 22.7 Å². The third-order valence-electron chi connectivity index (χ3n) is 4.48. The molecular weight excluding hydrogens is 417 g/mol. The monoisotopic (exact) mass is 445 g/mol. The van der Waals surface area contributed by atoms with E-state index < -0.39 is 0 Å². The number of anilines is 1. The Morgan fingerprint density at radius 2 is 1.96 bits per heavy atom. The number of ether oxygens (including phenoxy) is 2. The van der Waals surface area contributed by atoms with Gasteiger partial charge in [-0.15, -0.1) is 24.8 Å². The number of nitrogens with zero attached hydrogens (tertiary/aromatic N) is 3. The van der Waals surface area contributed by atoms with Crippen LogP contribution in [0.15, 0.2) is 18.2 Å². The van der Waals surface area contributed by atoms with Crippen LogP contribution >= 0.6 is 36.2 Å². The van der Waals surface area contributed by atoms with Gasteiger partial charge in [-0.3, -0.25) is 0 Å². The van der Waals surface area contributed by atoms with Gasteiger partial charge in [0.25, 0.3) is 0 Å². The summed E-state index contributed by atoms with van der Waals surface area (Å²) in [6, 6.07) is 5.90. The number of para-hydroxylation sites is 1. The number of hydrogen-bond donors (Lipinski definition) is 0. The van der Waals surface area contributed by atoms with Gasteiger partial charge in [-0.2, -0.15) is 0 Å². The van der Waals surface area contributed by atoms with Gasteiger partial charge >= 0.3 is 0 Å². The maximum Gasteiger partial charge on any atom is 0.167 e. The molecule has 156 valence electrons. The summed E-state index contributed by atoms with van der Waals surface area (Å²) in [4.78, 5) is 9.55.